The second kappa shape index (κ2) is 7.88. The third kappa shape index (κ3) is 3.63. The number of sulfonamides is 1. The van der Waals surface area contributed by atoms with E-state index in [1.54, 1.807) is 13.8 Å². The molecule has 9 heteroatoms. The van der Waals surface area contributed by atoms with Crippen LogP contribution in [0.3, 0.4) is 0 Å². The summed E-state index contributed by atoms with van der Waals surface area (Å²) < 4.78 is 40.0. The molecule has 30 heavy (non-hydrogen) atoms. The molecule has 2 heterocycles. The molecule has 0 bridgehead atoms. The highest BCUT2D eigenvalue weighted by atomic mass is 32.2. The molecule has 1 saturated heterocycles. The maximum atomic E-state index is 13.6. The molecule has 160 valence electrons. The predicted molar refractivity (Wildman–Crippen MR) is 110 cm³/mol. The van der Waals surface area contributed by atoms with Crippen LogP contribution in [0.25, 0.3) is 0 Å². The van der Waals surface area contributed by atoms with Crippen LogP contribution >= 0.6 is 0 Å². The van der Waals surface area contributed by atoms with Crippen molar-refractivity contribution in [3.8, 4) is 11.5 Å². The Balaban J connectivity index is 1.73. The summed E-state index contributed by atoms with van der Waals surface area (Å²) >= 11 is 0. The maximum Gasteiger partial charge on any atom is 0.271 e. The van der Waals surface area contributed by atoms with E-state index in [0.717, 1.165) is 12.0 Å². The molecule has 0 spiro atoms. The first-order valence-electron chi connectivity index (χ1n) is 9.96. The lowest BCUT2D eigenvalue weighted by Crippen LogP contribution is -2.31. The van der Waals surface area contributed by atoms with E-state index in [1.807, 2.05) is 18.2 Å². The second-order valence-electron chi connectivity index (χ2n) is 7.67. The number of nitro groups is 1. The molecule has 0 unspecified atom stereocenters. The number of aryl methyl sites for hydroxylation is 1. The number of hydrogen-bond donors (Lipinski definition) is 0. The van der Waals surface area contributed by atoms with E-state index in [2.05, 4.69) is 0 Å². The van der Waals surface area contributed by atoms with E-state index < -0.39 is 14.9 Å². The van der Waals surface area contributed by atoms with Gasteiger partial charge in [0.1, 0.15) is 0 Å². The molecule has 2 aliphatic heterocycles. The van der Waals surface area contributed by atoms with Gasteiger partial charge < -0.3 is 9.47 Å². The van der Waals surface area contributed by atoms with E-state index in [0.29, 0.717) is 55.2 Å². The van der Waals surface area contributed by atoms with Crippen molar-refractivity contribution < 1.29 is 22.8 Å². The van der Waals surface area contributed by atoms with Gasteiger partial charge in [-0.3, -0.25) is 10.1 Å². The summed E-state index contributed by atoms with van der Waals surface area (Å²) in [6.45, 7) is 4.87. The Morgan fingerprint density at radius 1 is 1.07 bits per heavy atom. The molecule has 0 aromatic heterocycles. The van der Waals surface area contributed by atoms with Crippen molar-refractivity contribution >= 4 is 15.7 Å². The van der Waals surface area contributed by atoms with Crippen molar-refractivity contribution in [3.63, 3.8) is 0 Å². The minimum atomic E-state index is -3.92. The molecule has 2 aromatic carbocycles. The SMILES string of the molecule is Cc1cc([N+](=O)[O-])cc(S(=O)(=O)N2CCC[C@H]2c2ccc3c(c2)OCCCO3)c1C. The molecule has 1 fully saturated rings. The van der Waals surface area contributed by atoms with Crippen LogP contribution in [-0.2, 0) is 10.0 Å². The molecular weight excluding hydrogens is 408 g/mol. The first-order valence-corrected chi connectivity index (χ1v) is 11.4. The number of benzene rings is 2. The molecule has 0 N–H and O–H groups in total. The molecular formula is C21H24N2O6S. The predicted octanol–water partition coefficient (Wildman–Crippen LogP) is 3.90. The number of rotatable bonds is 4. The number of non-ortho nitro benzene ring substituents is 1. The van der Waals surface area contributed by atoms with E-state index >= 15 is 0 Å². The van der Waals surface area contributed by atoms with Crippen molar-refractivity contribution in [1.82, 2.24) is 4.31 Å². The van der Waals surface area contributed by atoms with Crippen LogP contribution in [0.4, 0.5) is 5.69 Å². The van der Waals surface area contributed by atoms with E-state index in [4.69, 9.17) is 9.47 Å². The summed E-state index contributed by atoms with van der Waals surface area (Å²) in [5.74, 6) is 1.28. The van der Waals surface area contributed by atoms with Gasteiger partial charge in [-0.1, -0.05) is 6.07 Å². The fourth-order valence-corrected chi connectivity index (χ4v) is 6.06. The van der Waals surface area contributed by atoms with Crippen LogP contribution in [0.15, 0.2) is 35.2 Å². The van der Waals surface area contributed by atoms with Gasteiger partial charge in [0.2, 0.25) is 10.0 Å². The number of nitro benzene ring substituents is 1. The molecule has 2 aliphatic rings. The Kier molecular flexibility index (Phi) is 5.42. The highest BCUT2D eigenvalue weighted by Crippen LogP contribution is 2.41. The Labute approximate surface area is 175 Å². The van der Waals surface area contributed by atoms with Gasteiger partial charge in [-0.25, -0.2) is 8.42 Å². The summed E-state index contributed by atoms with van der Waals surface area (Å²) in [6.07, 6.45) is 2.18. The molecule has 1 atom stereocenters. The zero-order valence-electron chi connectivity index (χ0n) is 17.0. The first kappa shape index (κ1) is 20.6. The van der Waals surface area contributed by atoms with Gasteiger partial charge >= 0.3 is 0 Å². The van der Waals surface area contributed by atoms with Crippen molar-refractivity contribution in [2.75, 3.05) is 19.8 Å². The van der Waals surface area contributed by atoms with E-state index in [-0.39, 0.29) is 16.6 Å². The summed E-state index contributed by atoms with van der Waals surface area (Å²) in [4.78, 5) is 10.7. The fraction of sp³-hybridized carbons (Fsp3) is 0.429. The molecule has 0 aliphatic carbocycles. The van der Waals surface area contributed by atoms with Crippen LogP contribution in [0, 0.1) is 24.0 Å². The van der Waals surface area contributed by atoms with Crippen LogP contribution in [0.2, 0.25) is 0 Å². The molecule has 4 rings (SSSR count). The molecule has 0 amide bonds. The first-order chi connectivity index (χ1) is 14.3. The zero-order chi connectivity index (χ0) is 21.5. The Morgan fingerprint density at radius 3 is 2.53 bits per heavy atom. The van der Waals surface area contributed by atoms with Crippen LogP contribution < -0.4 is 9.47 Å². The minimum Gasteiger partial charge on any atom is -0.490 e. The topological polar surface area (TPSA) is 99.0 Å². The van der Waals surface area contributed by atoms with Gasteiger partial charge in [-0.15, -0.1) is 0 Å². The quantitative estimate of drug-likeness (QED) is 0.537. The lowest BCUT2D eigenvalue weighted by atomic mass is 10.0. The number of hydrogen-bond acceptors (Lipinski definition) is 6. The van der Waals surface area contributed by atoms with Crippen LogP contribution in [-0.4, -0.2) is 37.4 Å². The number of fused-ring (bicyclic) bond motifs is 1. The molecule has 8 nitrogen and oxygen atoms in total. The molecule has 0 saturated carbocycles. The average Bonchev–Trinajstić information content (AvgIpc) is 3.09. The Morgan fingerprint density at radius 2 is 1.80 bits per heavy atom. The van der Waals surface area contributed by atoms with Gasteiger partial charge in [0, 0.05) is 25.1 Å². The summed E-state index contributed by atoms with van der Waals surface area (Å²) in [5, 5.41) is 11.3. The number of nitrogens with zero attached hydrogens (tertiary/aromatic N) is 2. The zero-order valence-corrected chi connectivity index (χ0v) is 17.8. The summed E-state index contributed by atoms with van der Waals surface area (Å²) in [7, 11) is -3.92. The summed E-state index contributed by atoms with van der Waals surface area (Å²) in [6, 6.07) is 7.76. The standard InChI is InChI=1S/C21H24N2O6S/c1-14-11-17(23(24)25)13-21(15(14)2)30(26,27)22-8-3-5-18(22)16-6-7-19-20(12-16)29-10-4-9-28-19/h6-7,11-13,18H,3-5,8-10H2,1-2H3/t18-/m0/s1. The van der Waals surface area contributed by atoms with Crippen LogP contribution in [0.1, 0.15) is 42.0 Å². The molecule has 2 aromatic rings. The van der Waals surface area contributed by atoms with Gasteiger partial charge in [-0.05, 0) is 55.5 Å². The largest absolute Gasteiger partial charge is 0.490 e. The fourth-order valence-electron chi connectivity index (χ4n) is 4.06. The Bertz CT molecular complexity index is 1100. The lowest BCUT2D eigenvalue weighted by Gasteiger charge is -2.26. The number of ether oxygens (including phenoxy) is 2. The minimum absolute atomic E-state index is 0.00422. The third-order valence-electron chi connectivity index (χ3n) is 5.76. The Hall–Kier alpha value is -2.65. The van der Waals surface area contributed by atoms with Crippen molar-refractivity contribution in [2.24, 2.45) is 0 Å². The van der Waals surface area contributed by atoms with E-state index in [9.17, 15) is 18.5 Å². The van der Waals surface area contributed by atoms with Crippen LogP contribution in [0.5, 0.6) is 11.5 Å². The third-order valence-corrected chi connectivity index (χ3v) is 7.80. The normalized spacial score (nSPS) is 19.5. The highest BCUT2D eigenvalue weighted by molar-refractivity contribution is 7.89. The van der Waals surface area contributed by atoms with Gasteiger partial charge in [0.05, 0.1) is 29.1 Å². The van der Waals surface area contributed by atoms with Gasteiger partial charge in [0.25, 0.3) is 5.69 Å². The van der Waals surface area contributed by atoms with E-state index in [1.165, 1.54) is 16.4 Å². The summed E-state index contributed by atoms with van der Waals surface area (Å²) in [5.41, 5.74) is 1.72. The smallest absolute Gasteiger partial charge is 0.271 e. The highest BCUT2D eigenvalue weighted by Gasteiger charge is 2.38. The molecule has 0 radical (unpaired) electrons. The maximum absolute atomic E-state index is 13.6. The second-order valence-corrected chi connectivity index (χ2v) is 9.53. The van der Waals surface area contributed by atoms with Crippen molar-refractivity contribution in [3.05, 3.63) is 57.1 Å². The van der Waals surface area contributed by atoms with Gasteiger partial charge in [0.15, 0.2) is 11.5 Å². The van der Waals surface area contributed by atoms with Gasteiger partial charge in [-0.2, -0.15) is 4.31 Å². The van der Waals surface area contributed by atoms with Crippen molar-refractivity contribution in [1.29, 1.82) is 0 Å². The monoisotopic (exact) mass is 432 g/mol. The van der Waals surface area contributed by atoms with Crippen molar-refractivity contribution in [2.45, 2.75) is 44.0 Å². The lowest BCUT2D eigenvalue weighted by molar-refractivity contribution is -0.385. The average molecular weight is 432 g/mol.